The van der Waals surface area contributed by atoms with E-state index in [1.807, 2.05) is 25.1 Å². The van der Waals surface area contributed by atoms with E-state index in [-0.39, 0.29) is 11.1 Å². The second-order valence-corrected chi connectivity index (χ2v) is 7.06. The quantitative estimate of drug-likeness (QED) is 0.636. The van der Waals surface area contributed by atoms with Crippen molar-refractivity contribution >= 4 is 16.7 Å². The number of nitrogens with one attached hydrogen (secondary N) is 2. The topological polar surface area (TPSA) is 105 Å². The molecule has 0 spiro atoms. The standard InChI is InChI=1S/C20H24N6O3/c1-14(26-19(28)16-5-3-2-4-15(16)13-22-26)17-12-18(27)24-20(23-17)21-6-7-25-8-10-29-11-9-25/h2-5,12-14H,6-11H2,1H3,(H2,21,23,24,27)/t14-/m1/s1. The molecule has 3 heterocycles. The molecule has 1 fully saturated rings. The van der Waals surface area contributed by atoms with Crippen LogP contribution in [0.25, 0.3) is 10.8 Å². The number of hydrogen-bond acceptors (Lipinski definition) is 7. The molecule has 0 aliphatic carbocycles. The van der Waals surface area contributed by atoms with E-state index in [2.05, 4.69) is 25.3 Å². The predicted octanol–water partition coefficient (Wildman–Crippen LogP) is 0.833. The van der Waals surface area contributed by atoms with Crippen LogP contribution in [0.3, 0.4) is 0 Å². The lowest BCUT2D eigenvalue weighted by Crippen LogP contribution is -2.39. The average Bonchev–Trinajstić information content (AvgIpc) is 2.74. The van der Waals surface area contributed by atoms with Crippen molar-refractivity contribution in [1.29, 1.82) is 0 Å². The number of anilines is 1. The highest BCUT2D eigenvalue weighted by atomic mass is 16.5. The van der Waals surface area contributed by atoms with Crippen molar-refractivity contribution in [3.63, 3.8) is 0 Å². The Morgan fingerprint density at radius 2 is 2.03 bits per heavy atom. The van der Waals surface area contributed by atoms with Crippen molar-refractivity contribution in [2.75, 3.05) is 44.7 Å². The first-order chi connectivity index (χ1) is 14.1. The molecule has 2 N–H and O–H groups in total. The van der Waals surface area contributed by atoms with E-state index in [4.69, 9.17) is 4.74 Å². The first kappa shape index (κ1) is 19.3. The third kappa shape index (κ3) is 4.36. The molecular formula is C20H24N6O3. The van der Waals surface area contributed by atoms with Gasteiger partial charge in [0.25, 0.3) is 11.1 Å². The number of aromatic amines is 1. The van der Waals surface area contributed by atoms with Gasteiger partial charge in [-0.2, -0.15) is 5.10 Å². The minimum atomic E-state index is -0.478. The minimum Gasteiger partial charge on any atom is -0.379 e. The second-order valence-electron chi connectivity index (χ2n) is 7.06. The predicted molar refractivity (Wildman–Crippen MR) is 110 cm³/mol. The van der Waals surface area contributed by atoms with Crippen LogP contribution < -0.4 is 16.4 Å². The van der Waals surface area contributed by atoms with Crippen LogP contribution in [0, 0.1) is 0 Å². The summed E-state index contributed by atoms with van der Waals surface area (Å²) in [7, 11) is 0. The summed E-state index contributed by atoms with van der Waals surface area (Å²) in [6.07, 6.45) is 1.65. The third-order valence-electron chi connectivity index (χ3n) is 5.10. The zero-order chi connectivity index (χ0) is 20.2. The summed E-state index contributed by atoms with van der Waals surface area (Å²) in [6, 6.07) is 8.23. The van der Waals surface area contributed by atoms with Gasteiger partial charge in [-0.25, -0.2) is 9.67 Å². The van der Waals surface area contributed by atoms with Crippen LogP contribution in [-0.4, -0.2) is 64.0 Å². The maximum atomic E-state index is 12.8. The molecule has 3 aromatic rings. The number of morpholine rings is 1. The fourth-order valence-corrected chi connectivity index (χ4v) is 3.44. The van der Waals surface area contributed by atoms with Crippen LogP contribution in [0.1, 0.15) is 18.7 Å². The van der Waals surface area contributed by atoms with E-state index < -0.39 is 6.04 Å². The lowest BCUT2D eigenvalue weighted by Gasteiger charge is -2.26. The number of H-pyrrole nitrogens is 1. The number of ether oxygens (including phenoxy) is 1. The lowest BCUT2D eigenvalue weighted by atomic mass is 10.2. The van der Waals surface area contributed by atoms with Crippen molar-refractivity contribution in [1.82, 2.24) is 24.6 Å². The largest absolute Gasteiger partial charge is 0.379 e. The normalized spacial score (nSPS) is 16.0. The van der Waals surface area contributed by atoms with Crippen LogP contribution in [0.5, 0.6) is 0 Å². The third-order valence-corrected chi connectivity index (χ3v) is 5.10. The van der Waals surface area contributed by atoms with Crippen LogP contribution >= 0.6 is 0 Å². The van der Waals surface area contributed by atoms with Gasteiger partial charge in [0, 0.05) is 37.6 Å². The highest BCUT2D eigenvalue weighted by Gasteiger charge is 2.16. The van der Waals surface area contributed by atoms with Crippen molar-refractivity contribution in [2.24, 2.45) is 0 Å². The second kappa shape index (κ2) is 8.54. The molecule has 2 aromatic heterocycles. The smallest absolute Gasteiger partial charge is 0.275 e. The number of benzene rings is 1. The molecule has 0 unspecified atom stereocenters. The summed E-state index contributed by atoms with van der Waals surface area (Å²) in [4.78, 5) is 34.5. The van der Waals surface area contributed by atoms with Crippen LogP contribution in [0.15, 0.2) is 46.1 Å². The van der Waals surface area contributed by atoms with Gasteiger partial charge < -0.3 is 10.1 Å². The molecule has 152 valence electrons. The van der Waals surface area contributed by atoms with Crippen LogP contribution in [0.2, 0.25) is 0 Å². The van der Waals surface area contributed by atoms with E-state index >= 15 is 0 Å². The Bertz CT molecular complexity index is 1100. The summed E-state index contributed by atoms with van der Waals surface area (Å²) < 4.78 is 6.71. The van der Waals surface area contributed by atoms with Gasteiger partial charge in [-0.15, -0.1) is 0 Å². The van der Waals surface area contributed by atoms with Gasteiger partial charge in [0.15, 0.2) is 0 Å². The molecule has 1 aliphatic rings. The Morgan fingerprint density at radius 3 is 2.86 bits per heavy atom. The summed E-state index contributed by atoms with van der Waals surface area (Å²) in [5.41, 5.74) is -0.00317. The lowest BCUT2D eigenvalue weighted by molar-refractivity contribution is 0.0398. The van der Waals surface area contributed by atoms with Crippen molar-refractivity contribution in [2.45, 2.75) is 13.0 Å². The minimum absolute atomic E-state index is 0.209. The molecule has 1 aromatic carbocycles. The van der Waals surface area contributed by atoms with E-state index in [9.17, 15) is 9.59 Å². The fraction of sp³-hybridized carbons (Fsp3) is 0.400. The molecule has 0 radical (unpaired) electrons. The van der Waals surface area contributed by atoms with Crippen LogP contribution in [0.4, 0.5) is 5.95 Å². The first-order valence-corrected chi connectivity index (χ1v) is 9.73. The molecular weight excluding hydrogens is 372 g/mol. The molecule has 1 atom stereocenters. The van der Waals surface area contributed by atoms with Crippen LogP contribution in [-0.2, 0) is 4.74 Å². The molecule has 0 saturated carbocycles. The van der Waals surface area contributed by atoms with E-state index in [0.717, 1.165) is 38.2 Å². The van der Waals surface area contributed by atoms with Crippen molar-refractivity contribution in [3.8, 4) is 0 Å². The molecule has 1 aliphatic heterocycles. The maximum Gasteiger partial charge on any atom is 0.275 e. The number of nitrogens with zero attached hydrogens (tertiary/aromatic N) is 4. The van der Waals surface area contributed by atoms with E-state index in [0.29, 0.717) is 23.6 Å². The zero-order valence-corrected chi connectivity index (χ0v) is 16.3. The number of rotatable bonds is 6. The summed E-state index contributed by atoms with van der Waals surface area (Å²) in [6.45, 7) is 6.58. The number of hydrogen-bond donors (Lipinski definition) is 2. The Hall–Kier alpha value is -3.04. The van der Waals surface area contributed by atoms with Gasteiger partial charge in [-0.05, 0) is 13.0 Å². The van der Waals surface area contributed by atoms with E-state index in [1.54, 1.807) is 12.3 Å². The highest BCUT2D eigenvalue weighted by Crippen LogP contribution is 2.14. The Morgan fingerprint density at radius 1 is 1.24 bits per heavy atom. The summed E-state index contributed by atoms with van der Waals surface area (Å²) in [5.74, 6) is 0.390. The molecule has 1 saturated heterocycles. The Labute approximate surface area is 167 Å². The highest BCUT2D eigenvalue weighted by molar-refractivity contribution is 5.80. The number of aromatic nitrogens is 4. The first-order valence-electron chi connectivity index (χ1n) is 9.73. The summed E-state index contributed by atoms with van der Waals surface area (Å²) >= 11 is 0. The van der Waals surface area contributed by atoms with Gasteiger partial charge in [0.05, 0.1) is 36.5 Å². The van der Waals surface area contributed by atoms with Gasteiger partial charge in [-0.1, -0.05) is 18.2 Å². The SMILES string of the molecule is C[C@H](c1cc(=O)[nH]c(NCCN2CCOCC2)n1)n1ncc2ccccc2c1=O. The summed E-state index contributed by atoms with van der Waals surface area (Å²) in [5, 5.41) is 8.81. The van der Waals surface area contributed by atoms with Crippen molar-refractivity contribution < 1.29 is 4.74 Å². The molecule has 9 heteroatoms. The zero-order valence-electron chi connectivity index (χ0n) is 16.3. The fourth-order valence-electron chi connectivity index (χ4n) is 3.44. The molecule has 0 amide bonds. The van der Waals surface area contributed by atoms with Gasteiger partial charge >= 0.3 is 0 Å². The maximum absolute atomic E-state index is 12.8. The Balaban J connectivity index is 1.53. The monoisotopic (exact) mass is 396 g/mol. The van der Waals surface area contributed by atoms with Gasteiger partial charge in [0.1, 0.15) is 0 Å². The van der Waals surface area contributed by atoms with Gasteiger partial charge in [0.2, 0.25) is 5.95 Å². The molecule has 9 nitrogen and oxygen atoms in total. The van der Waals surface area contributed by atoms with Crippen molar-refractivity contribution in [3.05, 3.63) is 62.9 Å². The average molecular weight is 396 g/mol. The number of fused-ring (bicyclic) bond motifs is 1. The molecule has 4 rings (SSSR count). The van der Waals surface area contributed by atoms with E-state index in [1.165, 1.54) is 10.7 Å². The molecule has 0 bridgehead atoms. The van der Waals surface area contributed by atoms with Gasteiger partial charge in [-0.3, -0.25) is 19.5 Å². The molecule has 29 heavy (non-hydrogen) atoms. The Kier molecular flexibility index (Phi) is 5.68.